The van der Waals surface area contributed by atoms with E-state index in [4.69, 9.17) is 4.74 Å². The van der Waals surface area contributed by atoms with Gasteiger partial charge in [0.2, 0.25) is 21.8 Å². The fraction of sp³-hybridized carbons (Fsp3) is 0.615. The summed E-state index contributed by atoms with van der Waals surface area (Å²) < 4.78 is 33.6. The minimum absolute atomic E-state index is 0.0716. The maximum atomic E-state index is 14.7. The Morgan fingerprint density at radius 3 is 2.50 bits per heavy atom. The van der Waals surface area contributed by atoms with Gasteiger partial charge in [-0.25, -0.2) is 18.0 Å². The zero-order valence-electron chi connectivity index (χ0n) is 31.9. The summed E-state index contributed by atoms with van der Waals surface area (Å²) in [6.45, 7) is 14.1. The van der Waals surface area contributed by atoms with E-state index in [0.717, 1.165) is 36.0 Å². The van der Waals surface area contributed by atoms with Crippen LogP contribution in [0.1, 0.15) is 96.3 Å². The molecule has 3 aliphatic heterocycles. The Bertz CT molecular complexity index is 1840. The highest BCUT2D eigenvalue weighted by Crippen LogP contribution is 2.45. The predicted molar refractivity (Wildman–Crippen MR) is 202 cm³/mol. The average molecular weight is 767 g/mol. The van der Waals surface area contributed by atoms with Crippen LogP contribution in [0.5, 0.6) is 0 Å². The van der Waals surface area contributed by atoms with E-state index in [2.05, 4.69) is 34.1 Å². The molecule has 294 valence electrons. The minimum Gasteiger partial charge on any atom is -0.444 e. The highest BCUT2D eigenvalue weighted by molar-refractivity contribution is 7.91. The number of carbonyl (C=O) groups is 5. The third-order valence-corrected chi connectivity index (χ3v) is 13.0. The van der Waals surface area contributed by atoms with Crippen LogP contribution < -0.4 is 15.4 Å². The summed E-state index contributed by atoms with van der Waals surface area (Å²) in [6, 6.07) is 3.13. The molecular weight excluding hydrogens is 713 g/mol. The molecule has 3 heterocycles. The molecule has 1 saturated heterocycles. The first-order valence-electron chi connectivity index (χ1n) is 19.1. The first kappa shape index (κ1) is 39.3. The second-order valence-corrected chi connectivity index (χ2v) is 18.7. The lowest BCUT2D eigenvalue weighted by Crippen LogP contribution is -2.61. The molecule has 54 heavy (non-hydrogen) atoms. The van der Waals surface area contributed by atoms with Crippen molar-refractivity contribution in [1.82, 2.24) is 30.1 Å². The normalized spacial score (nSPS) is 28.0. The molecule has 0 aromatic heterocycles. The van der Waals surface area contributed by atoms with Crippen LogP contribution in [0.4, 0.5) is 9.59 Å². The molecule has 5 aliphatic rings. The van der Waals surface area contributed by atoms with E-state index in [9.17, 15) is 32.4 Å². The first-order chi connectivity index (χ1) is 25.4. The molecular formula is C39H54N6O8S. The van der Waals surface area contributed by atoms with Gasteiger partial charge < -0.3 is 25.2 Å². The number of nitrogens with one attached hydrogen (secondary N) is 3. The topological polar surface area (TPSA) is 175 Å². The van der Waals surface area contributed by atoms with Gasteiger partial charge in [0, 0.05) is 31.5 Å². The first-order valence-corrected chi connectivity index (χ1v) is 20.6. The SMILES string of the molecule is C=C[C@@H]1C[C@]1(NC(=O)[C@@H]1C[C@@H]2CN1C(=O)[C@H](C(C)(C)C)NC(=O)N(C(C)C)CCCCC=Cc1cccc3c1CN(C3)C(=O)O2)C(=O)NS(=O)(=O)C1CC1. The van der Waals surface area contributed by atoms with Crippen LogP contribution in [-0.4, -0.2) is 101 Å². The highest BCUT2D eigenvalue weighted by Gasteiger charge is 2.62. The third-order valence-electron chi connectivity index (χ3n) is 11.2. The van der Waals surface area contributed by atoms with Crippen LogP contribution in [0.2, 0.25) is 0 Å². The molecule has 5 atom stereocenters. The lowest BCUT2D eigenvalue weighted by atomic mass is 9.85. The Hall–Kier alpha value is -4.40. The van der Waals surface area contributed by atoms with Crippen molar-refractivity contribution < 1.29 is 37.1 Å². The van der Waals surface area contributed by atoms with Crippen LogP contribution in [0.25, 0.3) is 6.08 Å². The number of nitrogens with zero attached hydrogens (tertiary/aromatic N) is 3. The molecule has 1 aromatic carbocycles. The number of urea groups is 1. The smallest absolute Gasteiger partial charge is 0.410 e. The number of hydrogen-bond donors (Lipinski definition) is 3. The van der Waals surface area contributed by atoms with Crippen molar-refractivity contribution in [2.24, 2.45) is 11.3 Å². The number of allylic oxidation sites excluding steroid dienone is 1. The van der Waals surface area contributed by atoms with Crippen molar-refractivity contribution >= 4 is 45.9 Å². The molecule has 2 aliphatic carbocycles. The van der Waals surface area contributed by atoms with Gasteiger partial charge in [0.1, 0.15) is 23.7 Å². The number of amides is 6. The second kappa shape index (κ2) is 15.0. The van der Waals surface area contributed by atoms with Crippen LogP contribution in [0.3, 0.4) is 0 Å². The molecule has 6 rings (SSSR count). The maximum absolute atomic E-state index is 14.7. The fourth-order valence-electron chi connectivity index (χ4n) is 7.71. The van der Waals surface area contributed by atoms with Crippen molar-refractivity contribution in [1.29, 1.82) is 0 Å². The zero-order chi connectivity index (χ0) is 39.2. The molecule has 0 radical (unpaired) electrons. The number of hydrogen-bond acceptors (Lipinski definition) is 8. The molecule has 0 spiro atoms. The molecule has 3 N–H and O–H groups in total. The summed E-state index contributed by atoms with van der Waals surface area (Å²) in [4.78, 5) is 74.6. The quantitative estimate of drug-likeness (QED) is 0.352. The van der Waals surface area contributed by atoms with E-state index >= 15 is 0 Å². The van der Waals surface area contributed by atoms with Crippen LogP contribution >= 0.6 is 0 Å². The van der Waals surface area contributed by atoms with Crippen molar-refractivity contribution in [3.05, 3.63) is 53.6 Å². The lowest BCUT2D eigenvalue weighted by molar-refractivity contribution is -0.142. The molecule has 4 bridgehead atoms. The molecule has 2 saturated carbocycles. The van der Waals surface area contributed by atoms with Crippen LogP contribution in [0.15, 0.2) is 36.9 Å². The summed E-state index contributed by atoms with van der Waals surface area (Å²) in [7, 11) is -3.91. The molecule has 0 unspecified atom stereocenters. The fourth-order valence-corrected chi connectivity index (χ4v) is 9.08. The number of fused-ring (bicyclic) bond motifs is 3. The summed E-state index contributed by atoms with van der Waals surface area (Å²) in [5.74, 6) is -2.63. The van der Waals surface area contributed by atoms with E-state index in [1.165, 1.54) is 11.0 Å². The van der Waals surface area contributed by atoms with Crippen molar-refractivity contribution in [2.45, 2.75) is 128 Å². The lowest BCUT2D eigenvalue weighted by Gasteiger charge is -2.37. The van der Waals surface area contributed by atoms with Crippen molar-refractivity contribution in [3.8, 4) is 0 Å². The second-order valence-electron chi connectivity index (χ2n) is 16.7. The van der Waals surface area contributed by atoms with E-state index < -0.39 is 80.2 Å². The van der Waals surface area contributed by atoms with Gasteiger partial charge >= 0.3 is 12.1 Å². The Labute approximate surface area is 318 Å². The van der Waals surface area contributed by atoms with Crippen molar-refractivity contribution in [3.63, 3.8) is 0 Å². The highest BCUT2D eigenvalue weighted by atomic mass is 32.2. The van der Waals surface area contributed by atoms with Gasteiger partial charge in [0.25, 0.3) is 5.91 Å². The standard InChI is InChI=1S/C39H54N6O8S/c1-7-27-20-39(27,35(48)42-54(51,52)29-16-17-29)41-33(46)31-19-28-22-45(31)34(47)32(38(4,5)6)40-36(49)44(24(2)3)18-11-9-8-10-13-25-14-12-15-26-21-43(23-30(25)26)37(50)53-28/h7,10,12-15,24,27-29,31-32H,1,8-9,11,16-23H2,2-6H3,(H,40,49)(H,41,46)(H,42,48)/t27-,28-,31+,32-,39-/m1/s1. The van der Waals surface area contributed by atoms with E-state index in [0.29, 0.717) is 32.5 Å². The van der Waals surface area contributed by atoms with Gasteiger partial charge in [0.05, 0.1) is 18.3 Å². The Kier molecular flexibility index (Phi) is 10.9. The Morgan fingerprint density at radius 1 is 1.11 bits per heavy atom. The van der Waals surface area contributed by atoms with E-state index in [1.807, 2.05) is 52.8 Å². The van der Waals surface area contributed by atoms with Gasteiger partial charge in [-0.2, -0.15) is 0 Å². The number of carbonyl (C=O) groups excluding carboxylic acids is 5. The molecule has 1 aromatic rings. The predicted octanol–water partition coefficient (Wildman–Crippen LogP) is 3.81. The number of sulfonamides is 1. The Morgan fingerprint density at radius 2 is 1.85 bits per heavy atom. The van der Waals surface area contributed by atoms with E-state index in [1.54, 1.807) is 9.80 Å². The van der Waals surface area contributed by atoms with Gasteiger partial charge in [-0.1, -0.05) is 57.2 Å². The third kappa shape index (κ3) is 8.15. The minimum atomic E-state index is -3.91. The van der Waals surface area contributed by atoms with Gasteiger partial charge in [-0.05, 0) is 74.5 Å². The molecule has 6 amide bonds. The monoisotopic (exact) mass is 766 g/mol. The van der Waals surface area contributed by atoms with Crippen molar-refractivity contribution in [2.75, 3.05) is 13.1 Å². The number of ether oxygens (including phenoxy) is 1. The zero-order valence-corrected chi connectivity index (χ0v) is 32.7. The Balaban J connectivity index is 1.30. The van der Waals surface area contributed by atoms with Gasteiger partial charge in [-0.15, -0.1) is 6.58 Å². The average Bonchev–Trinajstić information content (AvgIpc) is 3.99. The largest absolute Gasteiger partial charge is 0.444 e. The summed E-state index contributed by atoms with van der Waals surface area (Å²) in [5, 5.41) is 5.09. The van der Waals surface area contributed by atoms with Gasteiger partial charge in [0.15, 0.2) is 0 Å². The molecule has 3 fully saturated rings. The number of rotatable bonds is 7. The molecule has 15 heteroatoms. The number of benzene rings is 1. The summed E-state index contributed by atoms with van der Waals surface area (Å²) >= 11 is 0. The van der Waals surface area contributed by atoms with Crippen LogP contribution in [-0.2, 0) is 42.2 Å². The molecule has 14 nitrogen and oxygen atoms in total. The summed E-state index contributed by atoms with van der Waals surface area (Å²) in [5.41, 5.74) is 0.693. The summed E-state index contributed by atoms with van der Waals surface area (Å²) in [6.07, 6.45) is 7.56. The van der Waals surface area contributed by atoms with E-state index in [-0.39, 0.29) is 25.4 Å². The maximum Gasteiger partial charge on any atom is 0.410 e. The van der Waals surface area contributed by atoms with Gasteiger partial charge in [-0.3, -0.25) is 24.0 Å². The van der Waals surface area contributed by atoms with Crippen LogP contribution in [0, 0.1) is 11.3 Å².